The molecular weight excluding hydrogens is 297 g/mol. The molecule has 6 heteroatoms. The van der Waals surface area contributed by atoms with Crippen molar-refractivity contribution in [3.63, 3.8) is 0 Å². The molecule has 1 heterocycles. The Labute approximate surface area is 122 Å². The number of rotatable bonds is 6. The van der Waals surface area contributed by atoms with Gasteiger partial charge < -0.3 is 0 Å². The maximum atomic E-state index is 12.9. The van der Waals surface area contributed by atoms with Crippen LogP contribution in [0.25, 0.3) is 10.6 Å². The van der Waals surface area contributed by atoms with E-state index in [0.717, 1.165) is 12.0 Å². The van der Waals surface area contributed by atoms with Gasteiger partial charge >= 0.3 is 0 Å². The van der Waals surface area contributed by atoms with Gasteiger partial charge in [-0.1, -0.05) is 13.3 Å². The number of benzene rings is 1. The molecule has 0 spiro atoms. The summed E-state index contributed by atoms with van der Waals surface area (Å²) in [5, 5.41) is 2.47. The monoisotopic (exact) mass is 313 g/mol. The van der Waals surface area contributed by atoms with Gasteiger partial charge in [-0.2, -0.15) is 0 Å². The van der Waals surface area contributed by atoms with Gasteiger partial charge in [-0.3, -0.25) is 0 Å². The van der Waals surface area contributed by atoms with Crippen LogP contribution in [0.15, 0.2) is 29.6 Å². The van der Waals surface area contributed by atoms with Crippen molar-refractivity contribution in [1.82, 2.24) is 4.98 Å². The number of aromatic nitrogens is 1. The predicted molar refractivity (Wildman–Crippen MR) is 79.9 cm³/mol. The molecule has 0 unspecified atom stereocenters. The molecule has 2 aromatic rings. The number of hydrogen-bond donors (Lipinski definition) is 0. The fourth-order valence-corrected chi connectivity index (χ4v) is 4.16. The third kappa shape index (κ3) is 4.11. The van der Waals surface area contributed by atoms with E-state index in [-0.39, 0.29) is 17.3 Å². The van der Waals surface area contributed by atoms with E-state index in [1.807, 2.05) is 6.92 Å². The first-order valence-electron chi connectivity index (χ1n) is 6.41. The van der Waals surface area contributed by atoms with E-state index in [1.54, 1.807) is 17.5 Å². The standard InChI is InChI=1S/C14H16FNO2S2/c1-2-3-8-20(17,18)10-13-9-19-14(16-13)11-4-6-12(15)7-5-11/h4-7,9H,2-3,8,10H2,1H3. The van der Waals surface area contributed by atoms with Crippen LogP contribution >= 0.6 is 11.3 Å². The van der Waals surface area contributed by atoms with Crippen molar-refractivity contribution >= 4 is 21.2 Å². The molecule has 108 valence electrons. The summed E-state index contributed by atoms with van der Waals surface area (Å²) < 4.78 is 36.6. The number of halogens is 1. The quantitative estimate of drug-likeness (QED) is 0.817. The summed E-state index contributed by atoms with van der Waals surface area (Å²) in [5.74, 6) is -0.120. The summed E-state index contributed by atoms with van der Waals surface area (Å²) in [7, 11) is -3.09. The Bertz CT molecular complexity index is 663. The Morgan fingerprint density at radius 2 is 1.95 bits per heavy atom. The highest BCUT2D eigenvalue weighted by Crippen LogP contribution is 2.24. The van der Waals surface area contributed by atoms with E-state index in [4.69, 9.17) is 0 Å². The molecule has 0 atom stereocenters. The van der Waals surface area contributed by atoms with Crippen LogP contribution in [0.4, 0.5) is 4.39 Å². The average Bonchev–Trinajstić information content (AvgIpc) is 2.85. The van der Waals surface area contributed by atoms with Crippen LogP contribution in [0.1, 0.15) is 25.5 Å². The third-order valence-electron chi connectivity index (χ3n) is 2.82. The van der Waals surface area contributed by atoms with Crippen molar-refractivity contribution in [3.05, 3.63) is 41.2 Å². The number of unbranched alkanes of at least 4 members (excludes halogenated alkanes) is 1. The van der Waals surface area contributed by atoms with Crippen LogP contribution in [0, 0.1) is 5.82 Å². The summed E-state index contributed by atoms with van der Waals surface area (Å²) >= 11 is 1.38. The lowest BCUT2D eigenvalue weighted by molar-refractivity contribution is 0.591. The lowest BCUT2D eigenvalue weighted by Gasteiger charge is -2.00. The Balaban J connectivity index is 2.11. The SMILES string of the molecule is CCCCS(=O)(=O)Cc1csc(-c2ccc(F)cc2)n1. The molecule has 2 rings (SSSR count). The zero-order chi connectivity index (χ0) is 14.6. The van der Waals surface area contributed by atoms with Gasteiger partial charge in [-0.15, -0.1) is 11.3 Å². The number of hydrogen-bond acceptors (Lipinski definition) is 4. The van der Waals surface area contributed by atoms with E-state index in [2.05, 4.69) is 4.98 Å². The minimum Gasteiger partial charge on any atom is -0.240 e. The third-order valence-corrected chi connectivity index (χ3v) is 5.41. The number of sulfone groups is 1. The van der Waals surface area contributed by atoms with Crippen molar-refractivity contribution in [3.8, 4) is 10.6 Å². The normalized spacial score (nSPS) is 11.7. The predicted octanol–water partition coefficient (Wildman–Crippen LogP) is 3.66. The van der Waals surface area contributed by atoms with Crippen LogP contribution in [-0.4, -0.2) is 19.2 Å². The highest BCUT2D eigenvalue weighted by Gasteiger charge is 2.14. The molecule has 0 amide bonds. The largest absolute Gasteiger partial charge is 0.240 e. The maximum absolute atomic E-state index is 12.9. The van der Waals surface area contributed by atoms with Crippen LogP contribution < -0.4 is 0 Å². The average molecular weight is 313 g/mol. The van der Waals surface area contributed by atoms with E-state index >= 15 is 0 Å². The summed E-state index contributed by atoms with van der Waals surface area (Å²) in [4.78, 5) is 4.32. The van der Waals surface area contributed by atoms with Crippen LogP contribution in [0.3, 0.4) is 0 Å². The zero-order valence-corrected chi connectivity index (χ0v) is 12.8. The van der Waals surface area contributed by atoms with E-state index in [1.165, 1.54) is 23.5 Å². The molecule has 0 aliphatic rings. The Hall–Kier alpha value is -1.27. The van der Waals surface area contributed by atoms with Gasteiger partial charge in [0.25, 0.3) is 0 Å². The number of nitrogens with zero attached hydrogens (tertiary/aromatic N) is 1. The molecule has 0 fully saturated rings. The highest BCUT2D eigenvalue weighted by atomic mass is 32.2. The van der Waals surface area contributed by atoms with Crippen molar-refractivity contribution in [2.45, 2.75) is 25.5 Å². The molecule has 0 aliphatic heterocycles. The van der Waals surface area contributed by atoms with Crippen molar-refractivity contribution in [2.75, 3.05) is 5.75 Å². The minimum atomic E-state index is -3.09. The molecule has 1 aromatic carbocycles. The van der Waals surface area contributed by atoms with Gasteiger partial charge in [0, 0.05) is 10.9 Å². The molecule has 20 heavy (non-hydrogen) atoms. The van der Waals surface area contributed by atoms with Crippen LogP contribution in [-0.2, 0) is 15.6 Å². The molecule has 0 saturated heterocycles. The van der Waals surface area contributed by atoms with E-state index < -0.39 is 9.84 Å². The Morgan fingerprint density at radius 3 is 2.60 bits per heavy atom. The molecule has 3 nitrogen and oxygen atoms in total. The van der Waals surface area contributed by atoms with Crippen molar-refractivity contribution < 1.29 is 12.8 Å². The second kappa shape index (κ2) is 6.45. The van der Waals surface area contributed by atoms with Gasteiger partial charge in [0.2, 0.25) is 0 Å². The van der Waals surface area contributed by atoms with Crippen molar-refractivity contribution in [2.24, 2.45) is 0 Å². The molecule has 1 aromatic heterocycles. The molecule has 0 bridgehead atoms. The molecule has 0 radical (unpaired) electrons. The van der Waals surface area contributed by atoms with Crippen molar-refractivity contribution in [1.29, 1.82) is 0 Å². The Morgan fingerprint density at radius 1 is 1.25 bits per heavy atom. The first-order chi connectivity index (χ1) is 9.50. The lowest BCUT2D eigenvalue weighted by Crippen LogP contribution is -2.09. The van der Waals surface area contributed by atoms with Crippen LogP contribution in [0.5, 0.6) is 0 Å². The fourth-order valence-electron chi connectivity index (χ4n) is 1.76. The van der Waals surface area contributed by atoms with E-state index in [9.17, 15) is 12.8 Å². The topological polar surface area (TPSA) is 47.0 Å². The first kappa shape index (κ1) is 15.1. The van der Waals surface area contributed by atoms with Gasteiger partial charge in [-0.25, -0.2) is 17.8 Å². The molecule has 0 N–H and O–H groups in total. The Kier molecular flexibility index (Phi) is 4.88. The lowest BCUT2D eigenvalue weighted by atomic mass is 10.2. The van der Waals surface area contributed by atoms with Gasteiger partial charge in [0.1, 0.15) is 10.8 Å². The maximum Gasteiger partial charge on any atom is 0.156 e. The van der Waals surface area contributed by atoms with Crippen LogP contribution in [0.2, 0.25) is 0 Å². The van der Waals surface area contributed by atoms with Gasteiger partial charge in [0.15, 0.2) is 9.84 Å². The van der Waals surface area contributed by atoms with Gasteiger partial charge in [-0.05, 0) is 30.7 Å². The number of thiazole rings is 1. The summed E-state index contributed by atoms with van der Waals surface area (Å²) in [6.07, 6.45) is 1.54. The second-order valence-electron chi connectivity index (χ2n) is 4.60. The second-order valence-corrected chi connectivity index (χ2v) is 7.64. The molecular formula is C14H16FNO2S2. The smallest absolute Gasteiger partial charge is 0.156 e. The summed E-state index contributed by atoms with van der Waals surface area (Å²) in [5.41, 5.74) is 1.36. The highest BCUT2D eigenvalue weighted by molar-refractivity contribution is 7.90. The molecule has 0 saturated carbocycles. The summed E-state index contributed by atoms with van der Waals surface area (Å²) in [6, 6.07) is 6.02. The minimum absolute atomic E-state index is 0.0231. The van der Waals surface area contributed by atoms with Gasteiger partial charge in [0.05, 0.1) is 17.2 Å². The molecule has 0 aliphatic carbocycles. The fraction of sp³-hybridized carbons (Fsp3) is 0.357. The summed E-state index contributed by atoms with van der Waals surface area (Å²) in [6.45, 7) is 1.96. The zero-order valence-electron chi connectivity index (χ0n) is 11.2. The van der Waals surface area contributed by atoms with E-state index in [0.29, 0.717) is 17.1 Å². The first-order valence-corrected chi connectivity index (χ1v) is 9.11.